The molecule has 1 aromatic carbocycles. The Morgan fingerprint density at radius 2 is 2.00 bits per heavy atom. The van der Waals surface area contributed by atoms with Crippen molar-refractivity contribution < 1.29 is 9.47 Å². The highest BCUT2D eigenvalue weighted by atomic mass is 79.9. The zero-order chi connectivity index (χ0) is 13.1. The number of hydrogen-bond acceptors (Lipinski definition) is 4. The van der Waals surface area contributed by atoms with Crippen LogP contribution in [0.2, 0.25) is 0 Å². The normalized spacial score (nSPS) is 12.2. The van der Waals surface area contributed by atoms with E-state index in [0.717, 1.165) is 26.4 Å². The largest absolute Gasteiger partial charge is 0.497 e. The SMILES string of the molecule is COc1ccc(C(N)c2csc(Br)c2)c(OC)c1. The highest BCUT2D eigenvalue weighted by Gasteiger charge is 2.16. The Bertz CT molecular complexity index is 542. The number of benzene rings is 1. The number of methoxy groups -OCH3 is 2. The average Bonchev–Trinajstić information content (AvgIpc) is 2.83. The Kier molecular flexibility index (Phi) is 4.27. The van der Waals surface area contributed by atoms with Gasteiger partial charge in [-0.1, -0.05) is 0 Å². The van der Waals surface area contributed by atoms with Crippen molar-refractivity contribution in [1.29, 1.82) is 0 Å². The molecule has 5 heteroatoms. The van der Waals surface area contributed by atoms with Gasteiger partial charge in [0.15, 0.2) is 0 Å². The topological polar surface area (TPSA) is 44.5 Å². The minimum atomic E-state index is -0.201. The molecule has 0 saturated carbocycles. The molecule has 3 nitrogen and oxygen atoms in total. The molecule has 0 aliphatic heterocycles. The standard InChI is InChI=1S/C13H14BrNO2S/c1-16-9-3-4-10(11(6-9)17-2)13(15)8-5-12(14)18-7-8/h3-7,13H,15H2,1-2H3. The van der Waals surface area contributed by atoms with Gasteiger partial charge in [0.25, 0.3) is 0 Å². The second kappa shape index (κ2) is 5.73. The van der Waals surface area contributed by atoms with Gasteiger partial charge in [0.1, 0.15) is 11.5 Å². The van der Waals surface area contributed by atoms with Crippen LogP contribution in [-0.4, -0.2) is 14.2 Å². The molecule has 1 unspecified atom stereocenters. The second-order valence-electron chi connectivity index (χ2n) is 3.77. The van der Waals surface area contributed by atoms with Gasteiger partial charge >= 0.3 is 0 Å². The zero-order valence-corrected chi connectivity index (χ0v) is 12.5. The van der Waals surface area contributed by atoms with Crippen LogP contribution in [-0.2, 0) is 0 Å². The van der Waals surface area contributed by atoms with Gasteiger partial charge in [0.05, 0.1) is 24.0 Å². The van der Waals surface area contributed by atoms with Crippen LogP contribution in [0.25, 0.3) is 0 Å². The van der Waals surface area contributed by atoms with Crippen LogP contribution in [0, 0.1) is 0 Å². The minimum absolute atomic E-state index is 0.201. The molecule has 2 rings (SSSR count). The molecule has 0 saturated heterocycles. The Morgan fingerprint density at radius 1 is 1.22 bits per heavy atom. The third kappa shape index (κ3) is 2.68. The Balaban J connectivity index is 2.38. The van der Waals surface area contributed by atoms with Gasteiger partial charge in [0, 0.05) is 11.6 Å². The smallest absolute Gasteiger partial charge is 0.127 e. The third-order valence-electron chi connectivity index (χ3n) is 2.72. The quantitative estimate of drug-likeness (QED) is 0.933. The highest BCUT2D eigenvalue weighted by molar-refractivity contribution is 9.11. The molecule has 0 fully saturated rings. The number of ether oxygens (including phenoxy) is 2. The molecule has 1 heterocycles. The fourth-order valence-corrected chi connectivity index (χ4v) is 2.95. The fraction of sp³-hybridized carbons (Fsp3) is 0.231. The van der Waals surface area contributed by atoms with E-state index >= 15 is 0 Å². The van der Waals surface area contributed by atoms with E-state index in [1.54, 1.807) is 25.6 Å². The molecular weight excluding hydrogens is 314 g/mol. The summed E-state index contributed by atoms with van der Waals surface area (Å²) in [6.07, 6.45) is 0. The lowest BCUT2D eigenvalue weighted by Gasteiger charge is -2.15. The summed E-state index contributed by atoms with van der Waals surface area (Å²) in [5.41, 5.74) is 8.28. The number of hydrogen-bond donors (Lipinski definition) is 1. The van der Waals surface area contributed by atoms with E-state index in [1.165, 1.54) is 0 Å². The van der Waals surface area contributed by atoms with Crippen molar-refractivity contribution in [3.05, 3.63) is 44.6 Å². The van der Waals surface area contributed by atoms with Crippen LogP contribution < -0.4 is 15.2 Å². The molecule has 96 valence electrons. The number of rotatable bonds is 4. The summed E-state index contributed by atoms with van der Waals surface area (Å²) in [6.45, 7) is 0. The maximum atomic E-state index is 6.26. The molecule has 0 aliphatic carbocycles. The maximum Gasteiger partial charge on any atom is 0.127 e. The van der Waals surface area contributed by atoms with E-state index in [0.29, 0.717) is 0 Å². The van der Waals surface area contributed by atoms with Crippen LogP contribution in [0.1, 0.15) is 17.2 Å². The van der Waals surface area contributed by atoms with Crippen molar-refractivity contribution >= 4 is 27.3 Å². The van der Waals surface area contributed by atoms with E-state index in [1.807, 2.05) is 29.6 Å². The maximum absolute atomic E-state index is 6.26. The first-order valence-electron chi connectivity index (χ1n) is 5.37. The molecule has 0 bridgehead atoms. The Morgan fingerprint density at radius 3 is 2.56 bits per heavy atom. The molecule has 2 aromatic rings. The molecule has 18 heavy (non-hydrogen) atoms. The Hall–Kier alpha value is -1.04. The molecule has 1 atom stereocenters. The van der Waals surface area contributed by atoms with Crippen LogP contribution in [0.3, 0.4) is 0 Å². The average molecular weight is 328 g/mol. The lowest BCUT2D eigenvalue weighted by molar-refractivity contribution is 0.390. The highest BCUT2D eigenvalue weighted by Crippen LogP contribution is 2.34. The molecule has 1 aromatic heterocycles. The third-order valence-corrected chi connectivity index (χ3v) is 4.25. The van der Waals surface area contributed by atoms with E-state index in [-0.39, 0.29) is 6.04 Å². The van der Waals surface area contributed by atoms with Crippen molar-refractivity contribution in [2.75, 3.05) is 14.2 Å². The lowest BCUT2D eigenvalue weighted by Crippen LogP contribution is -2.12. The summed E-state index contributed by atoms with van der Waals surface area (Å²) in [4.78, 5) is 0. The van der Waals surface area contributed by atoms with Gasteiger partial charge in [-0.3, -0.25) is 0 Å². The summed E-state index contributed by atoms with van der Waals surface area (Å²) in [5, 5.41) is 2.04. The van der Waals surface area contributed by atoms with Gasteiger partial charge in [-0.25, -0.2) is 0 Å². The first kappa shape index (κ1) is 13.4. The zero-order valence-electron chi connectivity index (χ0n) is 10.1. The fourth-order valence-electron chi connectivity index (χ4n) is 1.74. The first-order chi connectivity index (χ1) is 8.65. The van der Waals surface area contributed by atoms with Crippen LogP contribution in [0.4, 0.5) is 0 Å². The van der Waals surface area contributed by atoms with E-state index in [9.17, 15) is 0 Å². The van der Waals surface area contributed by atoms with Crippen LogP contribution in [0.5, 0.6) is 11.5 Å². The summed E-state index contributed by atoms with van der Waals surface area (Å²) in [5.74, 6) is 1.50. The summed E-state index contributed by atoms with van der Waals surface area (Å²) >= 11 is 5.06. The van der Waals surface area contributed by atoms with Gasteiger partial charge in [-0.2, -0.15) is 0 Å². The van der Waals surface area contributed by atoms with Crippen LogP contribution in [0.15, 0.2) is 33.4 Å². The Labute approximate surface area is 119 Å². The summed E-state index contributed by atoms with van der Waals surface area (Å²) in [6, 6.07) is 7.50. The lowest BCUT2D eigenvalue weighted by atomic mass is 10.0. The van der Waals surface area contributed by atoms with E-state index in [2.05, 4.69) is 15.9 Å². The van der Waals surface area contributed by atoms with E-state index < -0.39 is 0 Å². The van der Waals surface area contributed by atoms with Gasteiger partial charge in [-0.15, -0.1) is 11.3 Å². The number of halogens is 1. The number of nitrogens with two attached hydrogens (primary N) is 1. The van der Waals surface area contributed by atoms with Crippen molar-refractivity contribution in [1.82, 2.24) is 0 Å². The van der Waals surface area contributed by atoms with Crippen LogP contribution >= 0.6 is 27.3 Å². The molecule has 0 amide bonds. The predicted molar refractivity (Wildman–Crippen MR) is 77.6 cm³/mol. The van der Waals surface area contributed by atoms with Crippen molar-refractivity contribution in [2.45, 2.75) is 6.04 Å². The molecule has 0 aliphatic rings. The molecule has 2 N–H and O–H groups in total. The van der Waals surface area contributed by atoms with Crippen molar-refractivity contribution in [3.8, 4) is 11.5 Å². The second-order valence-corrected chi connectivity index (χ2v) is 6.06. The molecule has 0 spiro atoms. The monoisotopic (exact) mass is 327 g/mol. The van der Waals surface area contributed by atoms with Crippen molar-refractivity contribution in [3.63, 3.8) is 0 Å². The summed E-state index contributed by atoms with van der Waals surface area (Å²) < 4.78 is 11.6. The summed E-state index contributed by atoms with van der Waals surface area (Å²) in [7, 11) is 3.26. The van der Waals surface area contributed by atoms with Gasteiger partial charge in [-0.05, 0) is 45.1 Å². The predicted octanol–water partition coefficient (Wildman–Crippen LogP) is 3.58. The first-order valence-corrected chi connectivity index (χ1v) is 7.04. The number of thiophene rings is 1. The van der Waals surface area contributed by atoms with Crippen molar-refractivity contribution in [2.24, 2.45) is 5.73 Å². The molecular formula is C13H14BrNO2S. The van der Waals surface area contributed by atoms with Gasteiger partial charge < -0.3 is 15.2 Å². The van der Waals surface area contributed by atoms with E-state index in [4.69, 9.17) is 15.2 Å². The van der Waals surface area contributed by atoms with Gasteiger partial charge in [0.2, 0.25) is 0 Å². The minimum Gasteiger partial charge on any atom is -0.497 e. The molecule has 0 radical (unpaired) electrons.